The zero-order chi connectivity index (χ0) is 18.3. The summed E-state index contributed by atoms with van der Waals surface area (Å²) in [6, 6.07) is 8.99. The predicted octanol–water partition coefficient (Wildman–Crippen LogP) is 5.48. The first kappa shape index (κ1) is 19.0. The Labute approximate surface area is 186 Å². The highest BCUT2D eigenvalue weighted by atomic mass is 79.9. The highest BCUT2D eigenvalue weighted by molar-refractivity contribution is 9.12. The number of rotatable bonds is 6. The third-order valence-corrected chi connectivity index (χ3v) is 9.19. The van der Waals surface area contributed by atoms with Crippen molar-refractivity contribution in [2.75, 3.05) is 10.7 Å². The van der Waals surface area contributed by atoms with E-state index in [0.29, 0.717) is 9.65 Å². The molecule has 2 aromatic carbocycles. The smallest absolute Gasteiger partial charge is 0.176 e. The van der Waals surface area contributed by atoms with Crippen LogP contribution in [0.3, 0.4) is 0 Å². The van der Waals surface area contributed by atoms with Gasteiger partial charge in [-0.15, -0.1) is 0 Å². The minimum Gasteiger partial charge on any atom is -0.203 e. The Balaban J connectivity index is 1.88. The monoisotopic (exact) mass is 602 g/mol. The van der Waals surface area contributed by atoms with Crippen LogP contribution in [-0.2, 0) is 13.1 Å². The van der Waals surface area contributed by atoms with Gasteiger partial charge in [0.25, 0.3) is 0 Å². The van der Waals surface area contributed by atoms with Gasteiger partial charge in [-0.1, -0.05) is 63.7 Å². The molecule has 6 heteroatoms. The van der Waals surface area contributed by atoms with Gasteiger partial charge in [0, 0.05) is 43.0 Å². The number of hydrogen-bond donors (Lipinski definition) is 0. The minimum absolute atomic E-state index is 0.423. The van der Waals surface area contributed by atoms with Crippen molar-refractivity contribution >= 4 is 96.0 Å². The fourth-order valence-corrected chi connectivity index (χ4v) is 4.67. The average molecular weight is 606 g/mol. The largest absolute Gasteiger partial charge is 0.203 e. The molecule has 0 fully saturated rings. The van der Waals surface area contributed by atoms with Crippen LogP contribution in [0.25, 0.3) is 32.3 Å². The quantitative estimate of drug-likeness (QED) is 0.156. The highest BCUT2D eigenvalue weighted by Crippen LogP contribution is 2.32. The Bertz CT molecular complexity index is 914. The van der Waals surface area contributed by atoms with Crippen molar-refractivity contribution in [3.05, 3.63) is 49.1 Å². The molecule has 4 rings (SSSR count). The Kier molecular flexibility index (Phi) is 5.84. The van der Waals surface area contributed by atoms with Crippen molar-refractivity contribution in [2.45, 2.75) is 22.7 Å². The molecule has 134 valence electrons. The van der Waals surface area contributed by atoms with E-state index in [-0.39, 0.29) is 0 Å². The second-order valence-corrected chi connectivity index (χ2v) is 10.5. The number of benzene rings is 2. The van der Waals surface area contributed by atoms with Gasteiger partial charge in [0.2, 0.25) is 0 Å². The number of pyridine rings is 2. The van der Waals surface area contributed by atoms with Crippen LogP contribution in [0.4, 0.5) is 0 Å². The molecule has 0 saturated heterocycles. The maximum absolute atomic E-state index is 3.71. The third-order valence-electron chi connectivity index (χ3n) is 4.66. The first-order valence-electron chi connectivity index (χ1n) is 8.50. The van der Waals surface area contributed by atoms with Gasteiger partial charge in [-0.05, 0) is 24.3 Å². The van der Waals surface area contributed by atoms with Gasteiger partial charge in [0.05, 0.1) is 9.65 Å². The first-order chi connectivity index (χ1) is 12.6. The lowest BCUT2D eigenvalue weighted by molar-refractivity contribution is -0.693. The molecule has 2 aromatic heterocycles. The fraction of sp³-hybridized carbons (Fsp3) is 0.300. The van der Waals surface area contributed by atoms with Gasteiger partial charge in [-0.3, -0.25) is 0 Å². The van der Waals surface area contributed by atoms with E-state index in [1.165, 1.54) is 32.3 Å². The molecule has 2 heterocycles. The summed E-state index contributed by atoms with van der Waals surface area (Å²) in [7, 11) is 0. The van der Waals surface area contributed by atoms with Crippen molar-refractivity contribution in [1.82, 2.24) is 0 Å². The molecule has 0 amide bonds. The van der Waals surface area contributed by atoms with E-state index in [1.54, 1.807) is 0 Å². The van der Waals surface area contributed by atoms with Gasteiger partial charge in [0.1, 0.15) is 0 Å². The van der Waals surface area contributed by atoms with Crippen molar-refractivity contribution in [1.29, 1.82) is 0 Å². The number of aromatic nitrogens is 2. The molecule has 4 aromatic rings. The lowest BCUT2D eigenvalue weighted by Gasteiger charge is -2.10. The molecule has 0 aliphatic heterocycles. The lowest BCUT2D eigenvalue weighted by Crippen LogP contribution is -2.38. The Hall–Kier alpha value is -0.300. The van der Waals surface area contributed by atoms with E-state index in [9.17, 15) is 0 Å². The molecule has 2 unspecified atom stereocenters. The molecular weight excluding hydrogens is 588 g/mol. The summed E-state index contributed by atoms with van der Waals surface area (Å²) < 4.78 is 4.57. The van der Waals surface area contributed by atoms with Crippen molar-refractivity contribution in [3.8, 4) is 0 Å². The van der Waals surface area contributed by atoms with Crippen LogP contribution < -0.4 is 9.13 Å². The molecule has 0 aliphatic rings. The normalized spacial score (nSPS) is 14.5. The summed E-state index contributed by atoms with van der Waals surface area (Å²) in [5.74, 6) is 0. The number of halogens is 4. The molecule has 0 bridgehead atoms. The fourth-order valence-electron chi connectivity index (χ4n) is 3.59. The maximum atomic E-state index is 3.71. The van der Waals surface area contributed by atoms with E-state index in [2.05, 4.69) is 122 Å². The van der Waals surface area contributed by atoms with Crippen LogP contribution in [-0.4, -0.2) is 20.3 Å². The van der Waals surface area contributed by atoms with Crippen molar-refractivity contribution in [2.24, 2.45) is 0 Å². The van der Waals surface area contributed by atoms with Crippen LogP contribution in [0.5, 0.6) is 0 Å². The van der Waals surface area contributed by atoms with Gasteiger partial charge < -0.3 is 0 Å². The topological polar surface area (TPSA) is 7.76 Å². The SMILES string of the molecule is BrCC(Br)C[n+]1cc2ccc3c[n+](CC(Br)CBr)cc4ccc(c1)c2c34. The summed E-state index contributed by atoms with van der Waals surface area (Å²) in [6.07, 6.45) is 9.05. The lowest BCUT2D eigenvalue weighted by atomic mass is 9.97. The zero-order valence-corrected chi connectivity index (χ0v) is 20.4. The maximum Gasteiger partial charge on any atom is 0.176 e. The molecule has 0 aliphatic carbocycles. The molecular formula is C20H18Br4N2+2. The van der Waals surface area contributed by atoms with Crippen LogP contribution in [0.1, 0.15) is 0 Å². The van der Waals surface area contributed by atoms with E-state index >= 15 is 0 Å². The molecule has 26 heavy (non-hydrogen) atoms. The summed E-state index contributed by atoms with van der Waals surface area (Å²) in [6.45, 7) is 1.89. The second kappa shape index (κ2) is 7.98. The summed E-state index contributed by atoms with van der Waals surface area (Å²) in [4.78, 5) is 0.845. The Morgan fingerprint density at radius 1 is 0.615 bits per heavy atom. The molecule has 0 saturated carbocycles. The summed E-state index contributed by atoms with van der Waals surface area (Å²) in [5.41, 5.74) is 0. The standard InChI is InChI=1S/C20H18Br4N2/c21-5-17(23)11-25-7-13-1-2-14-8-26(12-18(24)6-22)10-16-4-3-15(9-25)19(13)20(14)16/h1-4,7-10,17-18H,5-6,11-12H2/q+2. The zero-order valence-electron chi connectivity index (χ0n) is 14.0. The molecule has 0 spiro atoms. The van der Waals surface area contributed by atoms with Gasteiger partial charge >= 0.3 is 0 Å². The number of hydrogen-bond acceptors (Lipinski definition) is 0. The second-order valence-electron chi connectivity index (χ2n) is 6.65. The molecule has 0 radical (unpaired) electrons. The van der Waals surface area contributed by atoms with E-state index in [4.69, 9.17) is 0 Å². The van der Waals surface area contributed by atoms with Gasteiger partial charge in [-0.25, -0.2) is 9.13 Å². The third kappa shape index (κ3) is 3.67. The van der Waals surface area contributed by atoms with Gasteiger partial charge in [-0.2, -0.15) is 0 Å². The van der Waals surface area contributed by atoms with Crippen LogP contribution >= 0.6 is 63.7 Å². The van der Waals surface area contributed by atoms with E-state index in [1.807, 2.05) is 0 Å². The van der Waals surface area contributed by atoms with Crippen LogP contribution in [0.2, 0.25) is 0 Å². The van der Waals surface area contributed by atoms with E-state index in [0.717, 1.165) is 23.7 Å². The van der Waals surface area contributed by atoms with E-state index < -0.39 is 0 Å². The minimum atomic E-state index is 0.423. The van der Waals surface area contributed by atoms with Crippen molar-refractivity contribution in [3.63, 3.8) is 0 Å². The number of alkyl halides is 4. The molecule has 2 atom stereocenters. The van der Waals surface area contributed by atoms with Crippen LogP contribution in [0, 0.1) is 0 Å². The van der Waals surface area contributed by atoms with Gasteiger partial charge in [0.15, 0.2) is 37.9 Å². The summed E-state index contributed by atoms with van der Waals surface area (Å²) >= 11 is 14.5. The Morgan fingerprint density at radius 3 is 1.19 bits per heavy atom. The first-order valence-corrected chi connectivity index (χ1v) is 12.6. The average Bonchev–Trinajstić information content (AvgIpc) is 2.65. The Morgan fingerprint density at radius 2 is 0.923 bits per heavy atom. The summed E-state index contributed by atoms with van der Waals surface area (Å²) in [5, 5.41) is 9.80. The van der Waals surface area contributed by atoms with Crippen molar-refractivity contribution < 1.29 is 9.13 Å². The highest BCUT2D eigenvalue weighted by Gasteiger charge is 2.18. The molecule has 0 N–H and O–H groups in total. The molecule has 2 nitrogen and oxygen atoms in total. The predicted molar refractivity (Wildman–Crippen MR) is 124 cm³/mol. The number of nitrogens with zero attached hydrogens (tertiary/aromatic N) is 2. The van der Waals surface area contributed by atoms with Crippen LogP contribution in [0.15, 0.2) is 49.1 Å².